The molecule has 0 aromatic heterocycles. The van der Waals surface area contributed by atoms with Gasteiger partial charge in [0.2, 0.25) is 5.91 Å². The molecule has 0 aliphatic carbocycles. The molecule has 2 rings (SSSR count). The molecule has 0 saturated carbocycles. The van der Waals surface area contributed by atoms with E-state index in [9.17, 15) is 9.59 Å². The number of halogens is 1. The van der Waals surface area contributed by atoms with Crippen LogP contribution in [0.2, 0.25) is 0 Å². The molecule has 1 aromatic rings. The van der Waals surface area contributed by atoms with Crippen LogP contribution in [-0.4, -0.2) is 36.9 Å². The molecule has 2 N–H and O–H groups in total. The standard InChI is InChI=1S/C14H17ClN2O3/c15-8-13(18)17-11-5-3-10(4-6-11)14(19)16-9-12-2-1-7-20-12/h3-6,12H,1-2,7-9H2,(H,16,19)(H,17,18). The summed E-state index contributed by atoms with van der Waals surface area (Å²) in [4.78, 5) is 23.0. The van der Waals surface area contributed by atoms with Crippen molar-refractivity contribution in [3.8, 4) is 0 Å². The van der Waals surface area contributed by atoms with Crippen LogP contribution in [0.5, 0.6) is 0 Å². The number of carbonyl (C=O) groups is 2. The second-order valence-corrected chi connectivity index (χ2v) is 4.87. The van der Waals surface area contributed by atoms with Crippen LogP contribution >= 0.6 is 11.6 Å². The molecule has 2 amide bonds. The molecule has 20 heavy (non-hydrogen) atoms. The van der Waals surface area contributed by atoms with Gasteiger partial charge in [-0.2, -0.15) is 0 Å². The summed E-state index contributed by atoms with van der Waals surface area (Å²) in [6.45, 7) is 1.30. The second-order valence-electron chi connectivity index (χ2n) is 4.60. The Morgan fingerprint density at radius 2 is 2.05 bits per heavy atom. The number of benzene rings is 1. The molecular weight excluding hydrogens is 280 g/mol. The smallest absolute Gasteiger partial charge is 0.251 e. The van der Waals surface area contributed by atoms with Crippen LogP contribution in [0.15, 0.2) is 24.3 Å². The minimum absolute atomic E-state index is 0.0936. The van der Waals surface area contributed by atoms with Crippen molar-refractivity contribution >= 4 is 29.1 Å². The fourth-order valence-electron chi connectivity index (χ4n) is 2.01. The average Bonchev–Trinajstić information content (AvgIpc) is 2.98. The van der Waals surface area contributed by atoms with Crippen molar-refractivity contribution in [3.63, 3.8) is 0 Å². The zero-order valence-corrected chi connectivity index (χ0v) is 11.8. The normalized spacial score (nSPS) is 17.8. The van der Waals surface area contributed by atoms with Crippen LogP contribution in [0.1, 0.15) is 23.2 Å². The molecule has 1 fully saturated rings. The van der Waals surface area contributed by atoms with Crippen molar-refractivity contribution in [2.24, 2.45) is 0 Å². The first-order valence-corrected chi connectivity index (χ1v) is 7.08. The van der Waals surface area contributed by atoms with Crippen LogP contribution in [0.25, 0.3) is 0 Å². The number of ether oxygens (including phenoxy) is 1. The first kappa shape index (κ1) is 14.8. The maximum atomic E-state index is 11.9. The molecule has 1 saturated heterocycles. The topological polar surface area (TPSA) is 67.4 Å². The monoisotopic (exact) mass is 296 g/mol. The predicted molar refractivity (Wildman–Crippen MR) is 77.1 cm³/mol. The minimum atomic E-state index is -0.276. The molecule has 0 bridgehead atoms. The maximum Gasteiger partial charge on any atom is 0.251 e. The molecule has 1 unspecified atom stereocenters. The van der Waals surface area contributed by atoms with Gasteiger partial charge in [-0.3, -0.25) is 9.59 Å². The van der Waals surface area contributed by atoms with E-state index in [4.69, 9.17) is 16.3 Å². The van der Waals surface area contributed by atoms with Gasteiger partial charge < -0.3 is 15.4 Å². The molecule has 1 heterocycles. The van der Waals surface area contributed by atoms with E-state index in [2.05, 4.69) is 10.6 Å². The Kier molecular flexibility index (Phi) is 5.38. The van der Waals surface area contributed by atoms with E-state index >= 15 is 0 Å². The highest BCUT2D eigenvalue weighted by Gasteiger charge is 2.16. The summed E-state index contributed by atoms with van der Waals surface area (Å²) in [6, 6.07) is 6.67. The molecule has 0 spiro atoms. The Labute approximate surface area is 122 Å². The highest BCUT2D eigenvalue weighted by atomic mass is 35.5. The molecule has 1 aliphatic heterocycles. The maximum absolute atomic E-state index is 11.9. The third kappa shape index (κ3) is 4.21. The van der Waals surface area contributed by atoms with E-state index in [0.29, 0.717) is 17.8 Å². The highest BCUT2D eigenvalue weighted by molar-refractivity contribution is 6.29. The molecule has 0 radical (unpaired) electrons. The largest absolute Gasteiger partial charge is 0.376 e. The van der Waals surface area contributed by atoms with Gasteiger partial charge >= 0.3 is 0 Å². The molecule has 108 valence electrons. The van der Waals surface area contributed by atoms with Crippen LogP contribution in [0, 0.1) is 0 Å². The SMILES string of the molecule is O=C(CCl)Nc1ccc(C(=O)NCC2CCCO2)cc1. The van der Waals surface area contributed by atoms with E-state index in [1.54, 1.807) is 24.3 Å². The third-order valence-corrected chi connectivity index (χ3v) is 3.31. The van der Waals surface area contributed by atoms with Gasteiger partial charge in [-0.25, -0.2) is 0 Å². The number of nitrogens with one attached hydrogen (secondary N) is 2. The Morgan fingerprint density at radius 1 is 1.30 bits per heavy atom. The zero-order valence-electron chi connectivity index (χ0n) is 11.0. The lowest BCUT2D eigenvalue weighted by molar-refractivity contribution is -0.113. The molecule has 1 aliphatic rings. The fourth-order valence-corrected chi connectivity index (χ4v) is 2.08. The van der Waals surface area contributed by atoms with Crippen molar-refractivity contribution < 1.29 is 14.3 Å². The van der Waals surface area contributed by atoms with Gasteiger partial charge in [0.25, 0.3) is 5.91 Å². The summed E-state index contributed by atoms with van der Waals surface area (Å²) >= 11 is 5.40. The van der Waals surface area contributed by atoms with Crippen molar-refractivity contribution in [2.45, 2.75) is 18.9 Å². The van der Waals surface area contributed by atoms with Crippen molar-refractivity contribution in [2.75, 3.05) is 24.3 Å². The van der Waals surface area contributed by atoms with Gasteiger partial charge in [-0.15, -0.1) is 11.6 Å². The van der Waals surface area contributed by atoms with Crippen molar-refractivity contribution in [1.29, 1.82) is 0 Å². The number of carbonyl (C=O) groups excluding carboxylic acids is 2. The summed E-state index contributed by atoms with van der Waals surface area (Å²) in [5, 5.41) is 5.45. The van der Waals surface area contributed by atoms with Crippen molar-refractivity contribution in [1.82, 2.24) is 5.32 Å². The summed E-state index contributed by atoms with van der Waals surface area (Å²) < 4.78 is 5.44. The molecule has 1 aromatic carbocycles. The Bertz CT molecular complexity index is 470. The van der Waals surface area contributed by atoms with Crippen LogP contribution in [-0.2, 0) is 9.53 Å². The van der Waals surface area contributed by atoms with Crippen LogP contribution < -0.4 is 10.6 Å². The summed E-state index contributed by atoms with van der Waals surface area (Å²) in [5.74, 6) is -0.512. The van der Waals surface area contributed by atoms with Gasteiger partial charge in [0.15, 0.2) is 0 Å². The number of rotatable bonds is 5. The number of amides is 2. The van der Waals surface area contributed by atoms with Gasteiger partial charge in [-0.05, 0) is 37.1 Å². The van der Waals surface area contributed by atoms with E-state index in [-0.39, 0.29) is 23.8 Å². The lowest BCUT2D eigenvalue weighted by atomic mass is 10.2. The van der Waals surface area contributed by atoms with Crippen LogP contribution in [0.4, 0.5) is 5.69 Å². The molecular formula is C14H17ClN2O3. The van der Waals surface area contributed by atoms with E-state index in [1.807, 2.05) is 0 Å². The molecule has 6 heteroatoms. The number of anilines is 1. The Morgan fingerprint density at radius 3 is 2.65 bits per heavy atom. The lowest BCUT2D eigenvalue weighted by Gasteiger charge is -2.11. The summed E-state index contributed by atoms with van der Waals surface area (Å²) in [5.41, 5.74) is 1.16. The molecule has 1 atom stereocenters. The minimum Gasteiger partial charge on any atom is -0.376 e. The zero-order chi connectivity index (χ0) is 14.4. The summed E-state index contributed by atoms with van der Waals surface area (Å²) in [6.07, 6.45) is 2.17. The molecule has 5 nitrogen and oxygen atoms in total. The lowest BCUT2D eigenvalue weighted by Crippen LogP contribution is -2.31. The highest BCUT2D eigenvalue weighted by Crippen LogP contribution is 2.12. The quantitative estimate of drug-likeness (QED) is 0.814. The fraction of sp³-hybridized carbons (Fsp3) is 0.429. The average molecular weight is 297 g/mol. The van der Waals surface area contributed by atoms with E-state index < -0.39 is 0 Å². The summed E-state index contributed by atoms with van der Waals surface area (Å²) in [7, 11) is 0. The van der Waals surface area contributed by atoms with Crippen LogP contribution in [0.3, 0.4) is 0 Å². The number of hydrogen-bond acceptors (Lipinski definition) is 3. The Balaban J connectivity index is 1.85. The van der Waals surface area contributed by atoms with Gasteiger partial charge in [-0.1, -0.05) is 0 Å². The van der Waals surface area contributed by atoms with Crippen molar-refractivity contribution in [3.05, 3.63) is 29.8 Å². The van der Waals surface area contributed by atoms with Gasteiger partial charge in [0.05, 0.1) is 6.10 Å². The number of alkyl halides is 1. The van der Waals surface area contributed by atoms with E-state index in [1.165, 1.54) is 0 Å². The first-order valence-electron chi connectivity index (χ1n) is 6.54. The third-order valence-electron chi connectivity index (χ3n) is 3.07. The predicted octanol–water partition coefficient (Wildman–Crippen LogP) is 1.77. The number of hydrogen-bond donors (Lipinski definition) is 2. The first-order chi connectivity index (χ1) is 9.69. The second kappa shape index (κ2) is 7.26. The van der Waals surface area contributed by atoms with Gasteiger partial charge in [0, 0.05) is 24.4 Å². The Hall–Kier alpha value is -1.59. The van der Waals surface area contributed by atoms with Gasteiger partial charge in [0.1, 0.15) is 5.88 Å². The van der Waals surface area contributed by atoms with E-state index in [0.717, 1.165) is 19.4 Å².